The quantitative estimate of drug-likeness (QED) is 0.285. The Morgan fingerprint density at radius 2 is 1.11 bits per heavy atom. The highest BCUT2D eigenvalue weighted by Crippen LogP contribution is 2.72. The fraction of sp³-hybridized carbons (Fsp3) is 0.857. The Kier molecular flexibility index (Phi) is 8.57. The number of piperidine rings is 2. The van der Waals surface area contributed by atoms with Crippen molar-refractivity contribution in [3.63, 3.8) is 0 Å². The summed E-state index contributed by atoms with van der Waals surface area (Å²) in [6.07, 6.45) is 25.5. The van der Waals surface area contributed by atoms with Gasteiger partial charge in [0.2, 0.25) is 0 Å². The van der Waals surface area contributed by atoms with Gasteiger partial charge in [0.25, 0.3) is 0 Å². The number of hydrogen-bond donors (Lipinski definition) is 2. The molecule has 10 aliphatic rings. The second-order valence-corrected chi connectivity index (χ2v) is 23.1. The summed E-state index contributed by atoms with van der Waals surface area (Å²) in [5.41, 5.74) is 7.39. The molecule has 3 atom stereocenters. The standard InChI is InChI=1S/C42H66N2P2/c1-41(2,3)35-11-10-30(36(24-35)42(45,37-8-4-6-12-43-37)38-9-5-7-13-44-38)25-46(39-31-16-26-14-27(18-31)19-32(39)17-26)40-33-20-28-15-29(22-33)23-34(40)21-28/h10-11,24,26-29,31-34,37-40,43-44H,4-9,12-23,25,45H2,1-3H3. The molecule has 4 heteroatoms. The maximum absolute atomic E-state index is 4.15. The van der Waals surface area contributed by atoms with E-state index in [0.717, 1.165) is 58.7 Å². The lowest BCUT2D eigenvalue weighted by atomic mass is 9.55. The van der Waals surface area contributed by atoms with Crippen LogP contribution in [0.2, 0.25) is 0 Å². The minimum atomic E-state index is -0.0228. The summed E-state index contributed by atoms with van der Waals surface area (Å²) in [6, 6.07) is 9.18. The zero-order valence-electron chi connectivity index (χ0n) is 29.6. The van der Waals surface area contributed by atoms with Gasteiger partial charge in [-0.05, 0) is 190 Å². The Bertz CT molecular complexity index is 1140. The van der Waals surface area contributed by atoms with Crippen LogP contribution >= 0.6 is 17.2 Å². The Hall–Kier alpha value is -0.0000000000000000555. The summed E-state index contributed by atoms with van der Waals surface area (Å²) in [4.78, 5) is 0. The van der Waals surface area contributed by atoms with Crippen molar-refractivity contribution >= 4 is 17.2 Å². The predicted molar refractivity (Wildman–Crippen MR) is 200 cm³/mol. The zero-order chi connectivity index (χ0) is 31.2. The van der Waals surface area contributed by atoms with Gasteiger partial charge in [-0.2, -0.15) is 0 Å². The monoisotopic (exact) mass is 660 g/mol. The molecule has 46 heavy (non-hydrogen) atoms. The van der Waals surface area contributed by atoms with Gasteiger partial charge >= 0.3 is 0 Å². The molecule has 10 fully saturated rings. The van der Waals surface area contributed by atoms with Crippen LogP contribution in [0.15, 0.2) is 18.2 Å². The molecular formula is C42H66N2P2. The first-order valence-electron chi connectivity index (χ1n) is 20.4. The van der Waals surface area contributed by atoms with Gasteiger partial charge in [-0.3, -0.25) is 0 Å². The molecule has 2 saturated heterocycles. The summed E-state index contributed by atoms with van der Waals surface area (Å²) in [7, 11) is 3.61. The summed E-state index contributed by atoms with van der Waals surface area (Å²) >= 11 is 0. The average Bonchev–Trinajstić information content (AvgIpc) is 3.04. The van der Waals surface area contributed by atoms with E-state index in [1.807, 2.05) is 0 Å². The Morgan fingerprint density at radius 3 is 1.50 bits per heavy atom. The van der Waals surface area contributed by atoms with Gasteiger partial charge in [0, 0.05) is 17.2 Å². The highest BCUT2D eigenvalue weighted by atomic mass is 31.1. The summed E-state index contributed by atoms with van der Waals surface area (Å²) in [6.45, 7) is 9.73. The van der Waals surface area contributed by atoms with Crippen molar-refractivity contribution in [2.24, 2.45) is 47.3 Å². The minimum absolute atomic E-state index is 0.0228. The van der Waals surface area contributed by atoms with Crippen LogP contribution in [0.3, 0.4) is 0 Å². The molecule has 8 saturated carbocycles. The van der Waals surface area contributed by atoms with Gasteiger partial charge < -0.3 is 10.6 Å². The largest absolute Gasteiger partial charge is 0.313 e. The van der Waals surface area contributed by atoms with Gasteiger partial charge in [-0.25, -0.2) is 0 Å². The molecule has 1 aromatic carbocycles. The molecule has 0 aromatic heterocycles. The van der Waals surface area contributed by atoms with Crippen molar-refractivity contribution < 1.29 is 0 Å². The van der Waals surface area contributed by atoms with Crippen molar-refractivity contribution in [3.8, 4) is 0 Å². The molecule has 2 aliphatic heterocycles. The van der Waals surface area contributed by atoms with E-state index in [-0.39, 0.29) is 18.5 Å². The van der Waals surface area contributed by atoms with Gasteiger partial charge in [-0.15, -0.1) is 9.24 Å². The molecule has 0 spiro atoms. The lowest BCUT2D eigenvalue weighted by Crippen LogP contribution is -2.59. The number of nitrogens with one attached hydrogen (secondary N) is 2. The van der Waals surface area contributed by atoms with Crippen molar-refractivity contribution in [1.82, 2.24) is 10.6 Å². The van der Waals surface area contributed by atoms with Gasteiger partial charge in [-0.1, -0.05) is 59.7 Å². The van der Waals surface area contributed by atoms with E-state index >= 15 is 0 Å². The predicted octanol–water partition coefficient (Wildman–Crippen LogP) is 9.97. The summed E-state index contributed by atoms with van der Waals surface area (Å²) in [5.74, 6) is 8.62. The summed E-state index contributed by atoms with van der Waals surface area (Å²) < 4.78 is 0. The van der Waals surface area contributed by atoms with Crippen LogP contribution in [0.1, 0.15) is 140 Å². The Labute approximate surface area is 285 Å². The third-order valence-corrected chi connectivity index (χ3v) is 20.7. The van der Waals surface area contributed by atoms with Gasteiger partial charge in [0.05, 0.1) is 0 Å². The topological polar surface area (TPSA) is 24.1 Å². The van der Waals surface area contributed by atoms with E-state index in [4.69, 9.17) is 0 Å². The molecule has 1 aromatic rings. The second kappa shape index (κ2) is 12.3. The first kappa shape index (κ1) is 31.9. The van der Waals surface area contributed by atoms with Crippen molar-refractivity contribution in [3.05, 3.63) is 34.9 Å². The first-order valence-corrected chi connectivity index (χ1v) is 22.6. The highest BCUT2D eigenvalue weighted by Gasteiger charge is 2.57. The van der Waals surface area contributed by atoms with E-state index in [9.17, 15) is 0 Å². The zero-order valence-corrected chi connectivity index (χ0v) is 31.7. The lowest BCUT2D eigenvalue weighted by Gasteiger charge is -2.62. The first-order chi connectivity index (χ1) is 22.2. The molecule has 2 heterocycles. The SMILES string of the molecule is CC(C)(C)c1ccc(CP(C2C3CC4CC(C3)CC2C4)C2C3CC4CC(C3)CC2C4)c(C(P)(C2CCCCN2)C2CCCCN2)c1. The maximum Gasteiger partial charge on any atom is 0.0405 e. The van der Waals surface area contributed by atoms with Gasteiger partial charge in [0.15, 0.2) is 0 Å². The maximum atomic E-state index is 4.15. The molecule has 8 aliphatic carbocycles. The normalized spacial score (nSPS) is 45.1. The van der Waals surface area contributed by atoms with Gasteiger partial charge in [0.1, 0.15) is 0 Å². The fourth-order valence-corrected chi connectivity index (χ4v) is 19.7. The molecule has 0 amide bonds. The molecule has 11 rings (SSSR count). The van der Waals surface area contributed by atoms with Crippen LogP contribution < -0.4 is 10.6 Å². The van der Waals surface area contributed by atoms with Crippen molar-refractivity contribution in [2.75, 3.05) is 13.1 Å². The minimum Gasteiger partial charge on any atom is -0.313 e. The van der Waals surface area contributed by atoms with Crippen LogP contribution in [-0.4, -0.2) is 36.5 Å². The Balaban J connectivity index is 1.15. The Morgan fingerprint density at radius 1 is 0.652 bits per heavy atom. The number of hydrogen-bond acceptors (Lipinski definition) is 2. The molecular weight excluding hydrogens is 594 g/mol. The van der Waals surface area contributed by atoms with E-state index in [0.29, 0.717) is 12.1 Å². The third kappa shape index (κ3) is 5.56. The molecule has 0 radical (unpaired) electrons. The second-order valence-electron chi connectivity index (χ2n) is 19.6. The third-order valence-electron chi connectivity index (χ3n) is 15.7. The van der Waals surface area contributed by atoms with Crippen molar-refractivity contribution in [2.45, 2.75) is 164 Å². The summed E-state index contributed by atoms with van der Waals surface area (Å²) in [5, 5.41) is 8.36. The average molecular weight is 661 g/mol. The number of benzene rings is 1. The molecule has 2 N–H and O–H groups in total. The van der Waals surface area contributed by atoms with Crippen LogP contribution in [0.4, 0.5) is 0 Å². The van der Waals surface area contributed by atoms with E-state index in [2.05, 4.69) is 58.8 Å². The smallest absolute Gasteiger partial charge is 0.0405 e. The molecule has 2 nitrogen and oxygen atoms in total. The number of rotatable bonds is 7. The fourth-order valence-electron chi connectivity index (χ4n) is 14.2. The van der Waals surface area contributed by atoms with Crippen molar-refractivity contribution in [1.29, 1.82) is 0 Å². The molecule has 3 unspecified atom stereocenters. The van der Waals surface area contributed by atoms with E-state index in [1.54, 1.807) is 80.9 Å². The molecule has 254 valence electrons. The van der Waals surface area contributed by atoms with Crippen LogP contribution in [0, 0.1) is 47.3 Å². The van der Waals surface area contributed by atoms with Crippen LogP contribution in [-0.2, 0) is 16.7 Å². The molecule has 8 bridgehead atoms. The van der Waals surface area contributed by atoms with E-state index < -0.39 is 0 Å². The van der Waals surface area contributed by atoms with E-state index in [1.165, 1.54) is 57.8 Å². The van der Waals surface area contributed by atoms with Crippen LogP contribution in [0.25, 0.3) is 0 Å². The van der Waals surface area contributed by atoms with Crippen LogP contribution in [0.5, 0.6) is 0 Å². The highest BCUT2D eigenvalue weighted by molar-refractivity contribution is 7.58. The lowest BCUT2D eigenvalue weighted by molar-refractivity contribution is 0.0129.